The fourth-order valence-corrected chi connectivity index (χ4v) is 2.45. The van der Waals surface area contributed by atoms with Gasteiger partial charge in [0.25, 0.3) is 0 Å². The minimum Gasteiger partial charge on any atom is -0.399 e. The standard InChI is InChI=1S/C17H16ClF3N2O/c18-14-3-1-2-13(10-14)11-23(16(24)17(19,20)21)9-8-12-4-6-15(22)7-5-12/h1-7,10H,8-9,11,22H2. The van der Waals surface area contributed by atoms with Crippen molar-refractivity contribution in [1.82, 2.24) is 4.90 Å². The average Bonchev–Trinajstić information content (AvgIpc) is 2.51. The second kappa shape index (κ2) is 7.57. The first kappa shape index (κ1) is 18.1. The number of amides is 1. The molecule has 0 saturated carbocycles. The first-order valence-electron chi connectivity index (χ1n) is 7.20. The highest BCUT2D eigenvalue weighted by atomic mass is 35.5. The van der Waals surface area contributed by atoms with Gasteiger partial charge in [-0.2, -0.15) is 13.2 Å². The van der Waals surface area contributed by atoms with Crippen molar-refractivity contribution in [2.24, 2.45) is 0 Å². The highest BCUT2D eigenvalue weighted by Crippen LogP contribution is 2.21. The molecular formula is C17H16ClF3N2O. The molecule has 0 saturated heterocycles. The van der Waals surface area contributed by atoms with Gasteiger partial charge in [0.2, 0.25) is 0 Å². The molecule has 7 heteroatoms. The molecule has 128 valence electrons. The Hall–Kier alpha value is -2.21. The van der Waals surface area contributed by atoms with Crippen LogP contribution in [0.2, 0.25) is 5.02 Å². The molecule has 0 aromatic heterocycles. The number of nitrogens with two attached hydrogens (primary N) is 1. The molecule has 0 aliphatic rings. The smallest absolute Gasteiger partial charge is 0.399 e. The van der Waals surface area contributed by atoms with Gasteiger partial charge < -0.3 is 10.6 Å². The Morgan fingerprint density at radius 1 is 1.08 bits per heavy atom. The summed E-state index contributed by atoms with van der Waals surface area (Å²) in [5.74, 6) is -1.86. The SMILES string of the molecule is Nc1ccc(CCN(Cc2cccc(Cl)c2)C(=O)C(F)(F)F)cc1. The van der Waals surface area contributed by atoms with Gasteiger partial charge in [0.15, 0.2) is 0 Å². The Kier molecular flexibility index (Phi) is 5.72. The van der Waals surface area contributed by atoms with Crippen LogP contribution >= 0.6 is 11.6 Å². The van der Waals surface area contributed by atoms with Crippen molar-refractivity contribution in [3.05, 3.63) is 64.7 Å². The third-order valence-electron chi connectivity index (χ3n) is 3.44. The molecule has 0 heterocycles. The molecule has 0 aliphatic heterocycles. The van der Waals surface area contributed by atoms with Crippen LogP contribution in [-0.2, 0) is 17.8 Å². The van der Waals surface area contributed by atoms with E-state index in [0.29, 0.717) is 22.7 Å². The van der Waals surface area contributed by atoms with Crippen molar-refractivity contribution in [2.45, 2.75) is 19.1 Å². The van der Waals surface area contributed by atoms with E-state index in [1.54, 1.807) is 48.5 Å². The quantitative estimate of drug-likeness (QED) is 0.821. The van der Waals surface area contributed by atoms with Crippen LogP contribution in [0.5, 0.6) is 0 Å². The average molecular weight is 357 g/mol. The summed E-state index contributed by atoms with van der Waals surface area (Å²) in [5, 5.41) is 0.408. The van der Waals surface area contributed by atoms with Crippen molar-refractivity contribution < 1.29 is 18.0 Å². The Bertz CT molecular complexity index is 702. The summed E-state index contributed by atoms with van der Waals surface area (Å²) >= 11 is 5.85. The van der Waals surface area contributed by atoms with E-state index in [4.69, 9.17) is 17.3 Å². The second-order valence-electron chi connectivity index (χ2n) is 5.35. The Balaban J connectivity index is 2.13. The maximum absolute atomic E-state index is 12.8. The molecule has 24 heavy (non-hydrogen) atoms. The number of carbonyl (C=O) groups is 1. The monoisotopic (exact) mass is 356 g/mol. The number of halogens is 4. The van der Waals surface area contributed by atoms with E-state index in [0.717, 1.165) is 10.5 Å². The summed E-state index contributed by atoms with van der Waals surface area (Å²) in [5.41, 5.74) is 7.49. The number of anilines is 1. The lowest BCUT2D eigenvalue weighted by Gasteiger charge is -2.24. The van der Waals surface area contributed by atoms with E-state index in [2.05, 4.69) is 0 Å². The maximum Gasteiger partial charge on any atom is 0.471 e. The number of nitrogens with zero attached hydrogens (tertiary/aromatic N) is 1. The first-order chi connectivity index (χ1) is 11.3. The van der Waals surface area contributed by atoms with E-state index < -0.39 is 12.1 Å². The number of hydrogen-bond donors (Lipinski definition) is 1. The third kappa shape index (κ3) is 5.16. The first-order valence-corrected chi connectivity index (χ1v) is 7.58. The van der Waals surface area contributed by atoms with Crippen LogP contribution in [0, 0.1) is 0 Å². The molecule has 2 aromatic carbocycles. The molecule has 0 unspecified atom stereocenters. The number of rotatable bonds is 5. The summed E-state index contributed by atoms with van der Waals surface area (Å²) in [6.45, 7) is -0.220. The molecule has 2 N–H and O–H groups in total. The van der Waals surface area contributed by atoms with Crippen molar-refractivity contribution in [3.8, 4) is 0 Å². The molecule has 0 bridgehead atoms. The van der Waals surface area contributed by atoms with Crippen LogP contribution in [0.3, 0.4) is 0 Å². The molecular weight excluding hydrogens is 341 g/mol. The van der Waals surface area contributed by atoms with E-state index >= 15 is 0 Å². The molecule has 0 spiro atoms. The molecule has 3 nitrogen and oxygen atoms in total. The second-order valence-corrected chi connectivity index (χ2v) is 5.78. The lowest BCUT2D eigenvalue weighted by molar-refractivity contribution is -0.186. The molecule has 0 radical (unpaired) electrons. The summed E-state index contributed by atoms with van der Waals surface area (Å²) < 4.78 is 38.5. The van der Waals surface area contributed by atoms with Gasteiger partial charge in [0, 0.05) is 23.8 Å². The van der Waals surface area contributed by atoms with Crippen molar-refractivity contribution in [3.63, 3.8) is 0 Å². The van der Waals surface area contributed by atoms with Crippen LogP contribution in [0.4, 0.5) is 18.9 Å². The summed E-state index contributed by atoms with van der Waals surface area (Å²) in [6.07, 6.45) is -4.62. The predicted molar refractivity (Wildman–Crippen MR) is 87.5 cm³/mol. The van der Waals surface area contributed by atoms with Gasteiger partial charge in [0.05, 0.1) is 0 Å². The Labute approximate surface area is 142 Å². The zero-order valence-corrected chi connectivity index (χ0v) is 13.4. The third-order valence-corrected chi connectivity index (χ3v) is 3.68. The van der Waals surface area contributed by atoms with E-state index in [1.807, 2.05) is 0 Å². The van der Waals surface area contributed by atoms with Crippen LogP contribution < -0.4 is 5.73 Å². The Morgan fingerprint density at radius 3 is 2.33 bits per heavy atom. The summed E-state index contributed by atoms with van der Waals surface area (Å²) in [7, 11) is 0. The molecule has 0 aliphatic carbocycles. The normalized spacial score (nSPS) is 11.3. The van der Waals surface area contributed by atoms with Crippen LogP contribution in [0.25, 0.3) is 0 Å². The van der Waals surface area contributed by atoms with Crippen molar-refractivity contribution >= 4 is 23.2 Å². The number of carbonyl (C=O) groups excluding carboxylic acids is 1. The minimum absolute atomic E-state index is 0.0607. The topological polar surface area (TPSA) is 46.3 Å². The van der Waals surface area contributed by atoms with Gasteiger partial charge >= 0.3 is 12.1 Å². The lowest BCUT2D eigenvalue weighted by Crippen LogP contribution is -2.41. The summed E-state index contributed by atoms with van der Waals surface area (Å²) in [4.78, 5) is 12.5. The highest BCUT2D eigenvalue weighted by molar-refractivity contribution is 6.30. The van der Waals surface area contributed by atoms with Gasteiger partial charge in [-0.1, -0.05) is 35.9 Å². The molecule has 2 rings (SSSR count). The van der Waals surface area contributed by atoms with Crippen LogP contribution in [0.1, 0.15) is 11.1 Å². The van der Waals surface area contributed by atoms with Gasteiger partial charge in [-0.3, -0.25) is 4.79 Å². The zero-order valence-electron chi connectivity index (χ0n) is 12.7. The molecule has 2 aromatic rings. The molecule has 0 atom stereocenters. The highest BCUT2D eigenvalue weighted by Gasteiger charge is 2.42. The fourth-order valence-electron chi connectivity index (χ4n) is 2.24. The summed E-state index contributed by atoms with van der Waals surface area (Å²) in [6, 6.07) is 13.2. The Morgan fingerprint density at radius 2 is 1.75 bits per heavy atom. The minimum atomic E-state index is -4.92. The largest absolute Gasteiger partial charge is 0.471 e. The van der Waals surface area contributed by atoms with Gasteiger partial charge in [-0.25, -0.2) is 0 Å². The van der Waals surface area contributed by atoms with Crippen molar-refractivity contribution in [1.29, 1.82) is 0 Å². The van der Waals surface area contributed by atoms with Crippen molar-refractivity contribution in [2.75, 3.05) is 12.3 Å². The lowest BCUT2D eigenvalue weighted by atomic mass is 10.1. The van der Waals surface area contributed by atoms with Crippen LogP contribution in [-0.4, -0.2) is 23.5 Å². The number of hydrogen-bond acceptors (Lipinski definition) is 2. The number of nitrogen functional groups attached to an aromatic ring is 1. The molecule has 1 amide bonds. The van der Waals surface area contributed by atoms with E-state index in [9.17, 15) is 18.0 Å². The van der Waals surface area contributed by atoms with Gasteiger partial charge in [0.1, 0.15) is 0 Å². The number of benzene rings is 2. The zero-order chi connectivity index (χ0) is 17.7. The predicted octanol–water partition coefficient (Wildman–Crippen LogP) is 4.06. The van der Waals surface area contributed by atoms with Crippen LogP contribution in [0.15, 0.2) is 48.5 Å². The van der Waals surface area contributed by atoms with E-state index in [1.165, 1.54) is 0 Å². The fraction of sp³-hybridized carbons (Fsp3) is 0.235. The molecule has 0 fully saturated rings. The maximum atomic E-state index is 12.8. The number of alkyl halides is 3. The van der Waals surface area contributed by atoms with Gasteiger partial charge in [-0.15, -0.1) is 0 Å². The van der Waals surface area contributed by atoms with Gasteiger partial charge in [-0.05, 0) is 41.8 Å². The van der Waals surface area contributed by atoms with E-state index in [-0.39, 0.29) is 13.1 Å².